The van der Waals surface area contributed by atoms with Gasteiger partial charge in [-0.05, 0) is 24.3 Å². The summed E-state index contributed by atoms with van der Waals surface area (Å²) in [5.74, 6) is 1.29. The average Bonchev–Trinajstić information content (AvgIpc) is 2.64. The summed E-state index contributed by atoms with van der Waals surface area (Å²) in [5, 5.41) is 4.00. The van der Waals surface area contributed by atoms with Gasteiger partial charge in [0.15, 0.2) is 6.73 Å². The molecule has 0 bridgehead atoms. The molecule has 0 unspecified atom stereocenters. The Morgan fingerprint density at radius 3 is 2.60 bits per heavy atom. The average molecular weight is 268 g/mol. The molecule has 0 radical (unpaired) electrons. The van der Waals surface area contributed by atoms with Crippen LogP contribution in [-0.2, 0) is 6.73 Å². The van der Waals surface area contributed by atoms with Gasteiger partial charge in [-0.25, -0.2) is 4.68 Å². The van der Waals surface area contributed by atoms with E-state index in [0.29, 0.717) is 12.5 Å². The van der Waals surface area contributed by atoms with Gasteiger partial charge in [0.2, 0.25) is 0 Å². The summed E-state index contributed by atoms with van der Waals surface area (Å²) in [7, 11) is 0. The van der Waals surface area contributed by atoms with Crippen molar-refractivity contribution in [1.29, 1.82) is 0 Å². The lowest BCUT2D eigenvalue weighted by molar-refractivity contribution is 0.221. The number of halogens is 1. The number of aromatic nitrogens is 2. The molecule has 0 aliphatic rings. The van der Waals surface area contributed by atoms with Crippen LogP contribution in [0.2, 0.25) is 0 Å². The third-order valence-corrected chi connectivity index (χ3v) is 2.37. The molecule has 1 heterocycles. The number of hydrogen-bond acceptors (Lipinski definition) is 3. The first-order valence-corrected chi connectivity index (χ1v) is 5.20. The van der Waals surface area contributed by atoms with Crippen molar-refractivity contribution in [3.05, 3.63) is 41.0 Å². The first-order valence-electron chi connectivity index (χ1n) is 4.41. The van der Waals surface area contributed by atoms with E-state index < -0.39 is 0 Å². The molecule has 0 fully saturated rings. The van der Waals surface area contributed by atoms with Gasteiger partial charge in [0, 0.05) is 16.7 Å². The monoisotopic (exact) mass is 267 g/mol. The zero-order valence-electron chi connectivity index (χ0n) is 7.93. The molecule has 78 valence electrons. The lowest BCUT2D eigenvalue weighted by Gasteiger charge is -2.05. The smallest absolute Gasteiger partial charge is 0.180 e. The summed E-state index contributed by atoms with van der Waals surface area (Å²) < 4.78 is 8.15. The Labute approximate surface area is 95.8 Å². The van der Waals surface area contributed by atoms with Crippen LogP contribution in [0.1, 0.15) is 0 Å². The highest BCUT2D eigenvalue weighted by atomic mass is 79.9. The molecular weight excluding hydrogens is 258 g/mol. The number of rotatable bonds is 3. The fourth-order valence-corrected chi connectivity index (χ4v) is 1.39. The highest BCUT2D eigenvalue weighted by Gasteiger charge is 1.96. The minimum Gasteiger partial charge on any atom is -0.471 e. The molecule has 0 saturated carbocycles. The number of anilines is 1. The normalized spacial score (nSPS) is 10.2. The van der Waals surface area contributed by atoms with Gasteiger partial charge in [-0.2, -0.15) is 5.10 Å². The Morgan fingerprint density at radius 1 is 1.27 bits per heavy atom. The van der Waals surface area contributed by atoms with Crippen LogP contribution in [0, 0.1) is 0 Å². The molecule has 1 aromatic carbocycles. The molecule has 0 aliphatic carbocycles. The number of nitrogens with zero attached hydrogens (tertiary/aromatic N) is 2. The second-order valence-electron chi connectivity index (χ2n) is 3.01. The predicted octanol–water partition coefficient (Wildman–Crippen LogP) is 2.26. The van der Waals surface area contributed by atoms with Crippen molar-refractivity contribution in [2.24, 2.45) is 0 Å². The topological polar surface area (TPSA) is 53.1 Å². The predicted molar refractivity (Wildman–Crippen MR) is 61.4 cm³/mol. The Balaban J connectivity index is 1.96. The first-order chi connectivity index (χ1) is 7.24. The van der Waals surface area contributed by atoms with Crippen LogP contribution in [-0.4, -0.2) is 9.78 Å². The third-order valence-electron chi connectivity index (χ3n) is 1.84. The van der Waals surface area contributed by atoms with E-state index in [2.05, 4.69) is 21.0 Å². The molecule has 5 heteroatoms. The first kappa shape index (κ1) is 10.0. The summed E-state index contributed by atoms with van der Waals surface area (Å²) in [6, 6.07) is 9.35. The quantitative estimate of drug-likeness (QED) is 0.928. The molecular formula is C10H10BrN3O. The van der Waals surface area contributed by atoms with Gasteiger partial charge in [-0.3, -0.25) is 0 Å². The van der Waals surface area contributed by atoms with Gasteiger partial charge in [-0.1, -0.05) is 15.9 Å². The van der Waals surface area contributed by atoms with Crippen LogP contribution in [0.25, 0.3) is 0 Å². The van der Waals surface area contributed by atoms with Gasteiger partial charge < -0.3 is 10.5 Å². The van der Waals surface area contributed by atoms with Crippen LogP contribution in [0.3, 0.4) is 0 Å². The Bertz CT molecular complexity index is 438. The maximum absolute atomic E-state index is 5.48. The summed E-state index contributed by atoms with van der Waals surface area (Å²) in [6.45, 7) is 0.360. The van der Waals surface area contributed by atoms with Crippen molar-refractivity contribution in [1.82, 2.24) is 9.78 Å². The lowest BCUT2D eigenvalue weighted by Crippen LogP contribution is -2.05. The number of hydrogen-bond donors (Lipinski definition) is 1. The van der Waals surface area contributed by atoms with E-state index in [4.69, 9.17) is 10.5 Å². The van der Waals surface area contributed by atoms with Crippen LogP contribution in [0.15, 0.2) is 41.0 Å². The van der Waals surface area contributed by atoms with Gasteiger partial charge in [-0.15, -0.1) is 0 Å². The maximum atomic E-state index is 5.48. The number of nitrogen functional groups attached to an aromatic ring is 1. The molecule has 0 amide bonds. The largest absolute Gasteiger partial charge is 0.471 e. The van der Waals surface area contributed by atoms with Crippen LogP contribution >= 0.6 is 15.9 Å². The zero-order chi connectivity index (χ0) is 10.7. The molecule has 0 atom stereocenters. The van der Waals surface area contributed by atoms with Crippen molar-refractivity contribution in [2.45, 2.75) is 6.73 Å². The number of nitrogens with two attached hydrogens (primary N) is 1. The van der Waals surface area contributed by atoms with E-state index >= 15 is 0 Å². The third kappa shape index (κ3) is 2.73. The highest BCUT2D eigenvalue weighted by molar-refractivity contribution is 9.10. The van der Waals surface area contributed by atoms with Crippen molar-refractivity contribution < 1.29 is 4.74 Å². The van der Waals surface area contributed by atoms with Crippen molar-refractivity contribution in [3.63, 3.8) is 0 Å². The van der Waals surface area contributed by atoms with Crippen molar-refractivity contribution in [3.8, 4) is 5.75 Å². The summed E-state index contributed by atoms with van der Waals surface area (Å²) in [5.41, 5.74) is 5.47. The van der Waals surface area contributed by atoms with Gasteiger partial charge in [0.05, 0.1) is 0 Å². The Hall–Kier alpha value is -1.49. The van der Waals surface area contributed by atoms with E-state index in [1.807, 2.05) is 24.3 Å². The van der Waals surface area contributed by atoms with Crippen LogP contribution in [0.4, 0.5) is 5.82 Å². The minimum atomic E-state index is 0.360. The lowest BCUT2D eigenvalue weighted by atomic mass is 10.3. The van der Waals surface area contributed by atoms with E-state index in [9.17, 15) is 0 Å². The second-order valence-corrected chi connectivity index (χ2v) is 3.92. The SMILES string of the molecule is Nc1ccn(COc2ccc(Br)cc2)n1. The molecule has 2 aromatic rings. The summed E-state index contributed by atoms with van der Waals surface area (Å²) in [6.07, 6.45) is 1.77. The second kappa shape index (κ2) is 4.35. The fourth-order valence-electron chi connectivity index (χ4n) is 1.12. The zero-order valence-corrected chi connectivity index (χ0v) is 9.52. The van der Waals surface area contributed by atoms with Crippen molar-refractivity contribution in [2.75, 3.05) is 5.73 Å². The standard InChI is InChI=1S/C10H10BrN3O/c11-8-1-3-9(4-2-8)15-7-14-6-5-10(12)13-14/h1-6H,7H2,(H2,12,13). The molecule has 15 heavy (non-hydrogen) atoms. The van der Waals surface area contributed by atoms with Gasteiger partial charge >= 0.3 is 0 Å². The van der Waals surface area contributed by atoms with E-state index in [-0.39, 0.29) is 0 Å². The maximum Gasteiger partial charge on any atom is 0.180 e. The van der Waals surface area contributed by atoms with E-state index in [1.165, 1.54) is 0 Å². The van der Waals surface area contributed by atoms with E-state index in [0.717, 1.165) is 10.2 Å². The molecule has 1 aromatic heterocycles. The minimum absolute atomic E-state index is 0.360. The molecule has 0 spiro atoms. The molecule has 0 saturated heterocycles. The molecule has 0 aliphatic heterocycles. The summed E-state index contributed by atoms with van der Waals surface area (Å²) >= 11 is 3.36. The molecule has 2 rings (SSSR count). The number of benzene rings is 1. The number of ether oxygens (including phenoxy) is 1. The van der Waals surface area contributed by atoms with E-state index in [1.54, 1.807) is 16.9 Å². The Kier molecular flexibility index (Phi) is 2.91. The van der Waals surface area contributed by atoms with Crippen LogP contribution < -0.4 is 10.5 Å². The fraction of sp³-hybridized carbons (Fsp3) is 0.100. The van der Waals surface area contributed by atoms with Crippen LogP contribution in [0.5, 0.6) is 5.75 Å². The van der Waals surface area contributed by atoms with Crippen molar-refractivity contribution >= 4 is 21.7 Å². The summed E-state index contributed by atoms with van der Waals surface area (Å²) in [4.78, 5) is 0. The highest BCUT2D eigenvalue weighted by Crippen LogP contribution is 2.16. The van der Waals surface area contributed by atoms with Gasteiger partial charge in [0.25, 0.3) is 0 Å². The molecule has 2 N–H and O–H groups in total. The van der Waals surface area contributed by atoms with Gasteiger partial charge in [0.1, 0.15) is 11.6 Å². The molecule has 4 nitrogen and oxygen atoms in total. The Morgan fingerprint density at radius 2 is 2.00 bits per heavy atom.